The molecule has 1 N–H and O–H groups in total. The Labute approximate surface area is 198 Å². The van der Waals surface area contributed by atoms with Crippen LogP contribution in [0.3, 0.4) is 0 Å². The molecule has 0 saturated heterocycles. The van der Waals surface area contributed by atoms with Crippen LogP contribution in [0.4, 0.5) is 4.39 Å². The Morgan fingerprint density at radius 3 is 2.27 bits per heavy atom. The van der Waals surface area contributed by atoms with Crippen LogP contribution in [0.15, 0.2) is 42.5 Å². The quantitative estimate of drug-likeness (QED) is 0.480. The maximum Gasteiger partial charge on any atom is 0.220 e. The summed E-state index contributed by atoms with van der Waals surface area (Å²) in [6.45, 7) is 10.6. The van der Waals surface area contributed by atoms with Crippen LogP contribution in [-0.2, 0) is 11.2 Å². The van der Waals surface area contributed by atoms with Gasteiger partial charge in [-0.25, -0.2) is 4.39 Å². The molecule has 0 radical (unpaired) electrons. The topological polar surface area (TPSA) is 49.4 Å². The second-order valence-electron chi connectivity index (χ2n) is 10.2. The zero-order valence-corrected chi connectivity index (χ0v) is 21.2. The molecule has 0 bridgehead atoms. The first-order chi connectivity index (χ1) is 15.4. The van der Waals surface area contributed by atoms with Crippen molar-refractivity contribution < 1.29 is 14.0 Å². The molecule has 4 nitrogen and oxygen atoms in total. The Morgan fingerprint density at radius 2 is 1.73 bits per heavy atom. The van der Waals surface area contributed by atoms with Crippen LogP contribution >= 0.6 is 0 Å². The van der Waals surface area contributed by atoms with Crippen LogP contribution in [0.2, 0.25) is 0 Å². The van der Waals surface area contributed by atoms with Crippen molar-refractivity contribution in [2.45, 2.75) is 65.8 Å². The highest BCUT2D eigenvalue weighted by Gasteiger charge is 2.28. The van der Waals surface area contributed by atoms with Crippen molar-refractivity contribution in [1.29, 1.82) is 0 Å². The Balaban J connectivity index is 2.09. The molecule has 2 rings (SSSR count). The lowest BCUT2D eigenvalue weighted by Gasteiger charge is -2.31. The van der Waals surface area contributed by atoms with Crippen molar-refractivity contribution >= 4 is 11.7 Å². The van der Waals surface area contributed by atoms with E-state index in [4.69, 9.17) is 0 Å². The van der Waals surface area contributed by atoms with Crippen molar-refractivity contribution in [2.75, 3.05) is 20.6 Å². The number of halogens is 1. The number of nitrogens with zero attached hydrogens (tertiary/aromatic N) is 1. The van der Waals surface area contributed by atoms with E-state index in [1.807, 2.05) is 44.1 Å². The molecule has 0 aliphatic rings. The molecular formula is C28H39FN2O2. The highest BCUT2D eigenvalue weighted by molar-refractivity contribution is 5.96. The molecule has 0 spiro atoms. The van der Waals surface area contributed by atoms with Crippen LogP contribution in [0, 0.1) is 18.2 Å². The average molecular weight is 455 g/mol. The minimum atomic E-state index is -0.472. The van der Waals surface area contributed by atoms with Gasteiger partial charge in [-0.15, -0.1) is 0 Å². The van der Waals surface area contributed by atoms with E-state index in [0.717, 1.165) is 16.7 Å². The van der Waals surface area contributed by atoms with Crippen LogP contribution in [0.25, 0.3) is 0 Å². The summed E-state index contributed by atoms with van der Waals surface area (Å²) >= 11 is 0. The third-order valence-corrected chi connectivity index (χ3v) is 6.40. The van der Waals surface area contributed by atoms with Gasteiger partial charge in [0.1, 0.15) is 5.82 Å². The fourth-order valence-corrected chi connectivity index (χ4v) is 4.14. The molecule has 0 aromatic heterocycles. The molecule has 0 fully saturated rings. The lowest BCUT2D eigenvalue weighted by atomic mass is 9.74. The van der Waals surface area contributed by atoms with Gasteiger partial charge in [0.05, 0.1) is 5.56 Å². The molecule has 2 aromatic carbocycles. The summed E-state index contributed by atoms with van der Waals surface area (Å²) in [6.07, 6.45) is 1.27. The number of benzene rings is 2. The Kier molecular flexibility index (Phi) is 9.35. The average Bonchev–Trinajstić information content (AvgIpc) is 2.75. The molecule has 0 aliphatic carbocycles. The van der Waals surface area contributed by atoms with Gasteiger partial charge in [-0.2, -0.15) is 0 Å². The Hall–Kier alpha value is -2.53. The number of carbonyl (C=O) groups excluding carboxylic acids is 2. The third-order valence-electron chi connectivity index (χ3n) is 6.40. The second kappa shape index (κ2) is 11.6. The van der Waals surface area contributed by atoms with E-state index < -0.39 is 5.82 Å². The fourth-order valence-electron chi connectivity index (χ4n) is 4.14. The molecule has 2 aromatic rings. The SMILES string of the molecule is CCC(=O)c1cc(C)c(C[C@@H](CNC(=O)C[C@@H](c2ccccc2)C(C)(C)C)N(C)C)cc1F. The van der Waals surface area contributed by atoms with Gasteiger partial charge in [-0.1, -0.05) is 58.0 Å². The Bertz CT molecular complexity index is 948. The molecular weight excluding hydrogens is 415 g/mol. The molecule has 0 aliphatic heterocycles. The molecule has 2 atom stereocenters. The van der Waals surface area contributed by atoms with E-state index in [9.17, 15) is 14.0 Å². The van der Waals surface area contributed by atoms with Crippen molar-refractivity contribution in [3.8, 4) is 0 Å². The number of likely N-dealkylation sites (N-methyl/N-ethyl adjacent to an activating group) is 1. The molecule has 1 amide bonds. The number of amides is 1. The number of ketones is 1. The molecule has 0 heterocycles. The molecule has 0 saturated carbocycles. The number of nitrogens with one attached hydrogen (secondary N) is 1. The van der Waals surface area contributed by atoms with E-state index in [-0.39, 0.29) is 41.0 Å². The summed E-state index contributed by atoms with van der Waals surface area (Å²) in [5.74, 6) is -0.542. The minimum Gasteiger partial charge on any atom is -0.355 e. The van der Waals surface area contributed by atoms with Gasteiger partial charge < -0.3 is 10.2 Å². The number of Topliss-reactive ketones (excluding diaryl/α,β-unsaturated/α-hetero) is 1. The van der Waals surface area contributed by atoms with Crippen LogP contribution < -0.4 is 5.32 Å². The fraction of sp³-hybridized carbons (Fsp3) is 0.500. The van der Waals surface area contributed by atoms with E-state index in [2.05, 4.69) is 38.2 Å². The maximum atomic E-state index is 14.5. The first-order valence-corrected chi connectivity index (χ1v) is 11.7. The summed E-state index contributed by atoms with van der Waals surface area (Å²) in [5.41, 5.74) is 3.01. The number of hydrogen-bond donors (Lipinski definition) is 1. The summed E-state index contributed by atoms with van der Waals surface area (Å²) in [4.78, 5) is 26.9. The van der Waals surface area contributed by atoms with Gasteiger partial charge in [0.15, 0.2) is 5.78 Å². The van der Waals surface area contributed by atoms with E-state index in [1.165, 1.54) is 6.07 Å². The largest absolute Gasteiger partial charge is 0.355 e. The zero-order valence-electron chi connectivity index (χ0n) is 21.2. The van der Waals surface area contributed by atoms with E-state index in [0.29, 0.717) is 19.4 Å². The van der Waals surface area contributed by atoms with E-state index >= 15 is 0 Å². The number of carbonyl (C=O) groups is 2. The van der Waals surface area contributed by atoms with Crippen molar-refractivity contribution in [1.82, 2.24) is 10.2 Å². The smallest absolute Gasteiger partial charge is 0.220 e. The van der Waals surface area contributed by atoms with Crippen LogP contribution in [0.5, 0.6) is 0 Å². The maximum absolute atomic E-state index is 14.5. The van der Waals surface area contributed by atoms with Gasteiger partial charge >= 0.3 is 0 Å². The van der Waals surface area contributed by atoms with Crippen molar-refractivity contribution in [3.63, 3.8) is 0 Å². The lowest BCUT2D eigenvalue weighted by Crippen LogP contribution is -2.42. The van der Waals surface area contributed by atoms with Gasteiger partial charge in [0.25, 0.3) is 0 Å². The van der Waals surface area contributed by atoms with Gasteiger partial charge in [-0.3, -0.25) is 9.59 Å². The normalized spacial score (nSPS) is 13.6. The summed E-state index contributed by atoms with van der Waals surface area (Å²) in [5, 5.41) is 3.10. The van der Waals surface area contributed by atoms with Crippen LogP contribution in [0.1, 0.15) is 73.5 Å². The van der Waals surface area contributed by atoms with Crippen molar-refractivity contribution in [3.05, 3.63) is 70.5 Å². The number of hydrogen-bond acceptors (Lipinski definition) is 3. The number of rotatable bonds is 10. The predicted molar refractivity (Wildman–Crippen MR) is 133 cm³/mol. The number of aryl methyl sites for hydroxylation is 1. The molecule has 33 heavy (non-hydrogen) atoms. The van der Waals surface area contributed by atoms with Gasteiger partial charge in [-0.05, 0) is 67.6 Å². The zero-order chi connectivity index (χ0) is 24.8. The summed E-state index contributed by atoms with van der Waals surface area (Å²) < 4.78 is 14.5. The highest BCUT2D eigenvalue weighted by Crippen LogP contribution is 2.37. The third kappa shape index (κ3) is 7.50. The predicted octanol–water partition coefficient (Wildman–Crippen LogP) is 5.54. The molecule has 5 heteroatoms. The van der Waals surface area contributed by atoms with Crippen molar-refractivity contribution in [2.24, 2.45) is 5.41 Å². The summed E-state index contributed by atoms with van der Waals surface area (Å²) in [7, 11) is 3.92. The van der Waals surface area contributed by atoms with E-state index in [1.54, 1.807) is 13.0 Å². The first-order valence-electron chi connectivity index (χ1n) is 11.7. The lowest BCUT2D eigenvalue weighted by molar-refractivity contribution is -0.122. The van der Waals surface area contributed by atoms with Crippen LogP contribution in [-0.4, -0.2) is 43.3 Å². The van der Waals surface area contributed by atoms with Gasteiger partial charge in [0.2, 0.25) is 5.91 Å². The molecule has 0 unspecified atom stereocenters. The minimum absolute atomic E-state index is 0.00425. The summed E-state index contributed by atoms with van der Waals surface area (Å²) in [6, 6.07) is 13.3. The van der Waals surface area contributed by atoms with Gasteiger partial charge in [0, 0.05) is 25.4 Å². The Morgan fingerprint density at radius 1 is 1.09 bits per heavy atom. The monoisotopic (exact) mass is 454 g/mol. The molecule has 180 valence electrons. The standard InChI is InChI=1S/C28H39FN2O2/c1-8-26(32)23-14-19(2)21(16-25(23)29)15-22(31(6)7)18-30-27(33)17-24(28(3,4)5)20-12-10-9-11-13-20/h9-14,16,22,24H,8,15,17-18H2,1-7H3,(H,30,33)/t22-,24-/m0/s1. The second-order valence-corrected chi connectivity index (χ2v) is 10.2. The first kappa shape index (κ1) is 26.7. The highest BCUT2D eigenvalue weighted by atomic mass is 19.1.